The zero-order chi connectivity index (χ0) is 21.4. The maximum atomic E-state index is 11.4. The first-order chi connectivity index (χ1) is 13.4. The van der Waals surface area contributed by atoms with Crippen molar-refractivity contribution in [3.05, 3.63) is 68.7 Å². The molecular formula is C22H28Cl2N2O2. The molecule has 0 aromatic heterocycles. The molecule has 2 aliphatic rings. The Bertz CT molecular complexity index is 831. The molecule has 28 heavy (non-hydrogen) atoms. The molecule has 4 nitrogen and oxygen atoms in total. The number of nitrogens with zero attached hydrogens (tertiary/aromatic N) is 2. The molecule has 2 aromatic rings. The molecule has 2 aliphatic heterocycles. The number of hydrogen-bond donors (Lipinski definition) is 0. The predicted molar refractivity (Wildman–Crippen MR) is 117 cm³/mol. The Morgan fingerprint density at radius 2 is 1.36 bits per heavy atom. The summed E-state index contributed by atoms with van der Waals surface area (Å²) in [6.07, 6.45) is 0. The minimum absolute atomic E-state index is 0.0625. The van der Waals surface area contributed by atoms with Crippen molar-refractivity contribution in [1.82, 2.24) is 9.80 Å². The van der Waals surface area contributed by atoms with Crippen LogP contribution in [0.3, 0.4) is 0 Å². The zero-order valence-electron chi connectivity index (χ0n) is 17.3. The van der Waals surface area contributed by atoms with Gasteiger partial charge in [0.2, 0.25) is 0 Å². The maximum absolute atomic E-state index is 11.4. The average molecular weight is 423 g/mol. The third-order valence-corrected chi connectivity index (χ3v) is 4.74. The van der Waals surface area contributed by atoms with Crippen LogP contribution in [0.5, 0.6) is 0 Å². The van der Waals surface area contributed by atoms with Crippen LogP contribution in [-0.4, -0.2) is 35.7 Å². The summed E-state index contributed by atoms with van der Waals surface area (Å²) in [6, 6.07) is 10.9. The molecule has 0 aliphatic carbocycles. The van der Waals surface area contributed by atoms with Gasteiger partial charge in [-0.3, -0.25) is 9.59 Å². The van der Waals surface area contributed by atoms with Crippen LogP contribution in [0.15, 0.2) is 36.4 Å². The molecular weight excluding hydrogens is 395 g/mol. The lowest BCUT2D eigenvalue weighted by molar-refractivity contribution is 0.0809. The minimum Gasteiger partial charge on any atom is -0.337 e. The highest BCUT2D eigenvalue weighted by Crippen LogP contribution is 2.27. The second-order valence-corrected chi connectivity index (χ2v) is 6.73. The number of amides is 2. The van der Waals surface area contributed by atoms with Crippen LogP contribution in [0.1, 0.15) is 59.5 Å². The lowest BCUT2D eigenvalue weighted by Gasteiger charge is -2.04. The SMILES string of the molecule is CC.CC.CN1Cc2c(Cl)cccc2C1=O.CN1Cc2ccc(Cl)cc2C1=O. The van der Waals surface area contributed by atoms with E-state index >= 15 is 0 Å². The van der Waals surface area contributed by atoms with E-state index in [2.05, 4.69) is 0 Å². The highest BCUT2D eigenvalue weighted by Gasteiger charge is 2.25. The van der Waals surface area contributed by atoms with E-state index in [4.69, 9.17) is 23.2 Å². The van der Waals surface area contributed by atoms with Gasteiger partial charge in [-0.15, -0.1) is 0 Å². The molecule has 0 spiro atoms. The van der Waals surface area contributed by atoms with Gasteiger partial charge >= 0.3 is 0 Å². The maximum Gasteiger partial charge on any atom is 0.254 e. The third kappa shape index (κ3) is 5.27. The first-order valence-electron chi connectivity index (χ1n) is 9.45. The monoisotopic (exact) mass is 422 g/mol. The largest absolute Gasteiger partial charge is 0.337 e. The Labute approximate surface area is 178 Å². The summed E-state index contributed by atoms with van der Waals surface area (Å²) >= 11 is 11.7. The Balaban J connectivity index is 0.000000238. The smallest absolute Gasteiger partial charge is 0.254 e. The topological polar surface area (TPSA) is 40.6 Å². The summed E-state index contributed by atoms with van der Waals surface area (Å²) in [7, 11) is 3.56. The van der Waals surface area contributed by atoms with Crippen LogP contribution in [-0.2, 0) is 13.1 Å². The number of rotatable bonds is 0. The van der Waals surface area contributed by atoms with Crippen LogP contribution >= 0.6 is 23.2 Å². The standard InChI is InChI=1S/2C9H8ClNO.2C2H6/c1-11-5-6-2-3-7(10)4-8(6)9(11)12;1-11-5-7-6(9(11)12)3-2-4-8(7)10;2*1-2/h2*2-4H,5H2,1H3;2*1-2H3. The molecule has 0 atom stereocenters. The molecule has 0 saturated carbocycles. The molecule has 152 valence electrons. The molecule has 0 N–H and O–H groups in total. The van der Waals surface area contributed by atoms with E-state index in [1.807, 2.05) is 52.0 Å². The minimum atomic E-state index is 0.0625. The van der Waals surface area contributed by atoms with Gasteiger partial charge in [0.25, 0.3) is 11.8 Å². The van der Waals surface area contributed by atoms with Crippen molar-refractivity contribution in [1.29, 1.82) is 0 Å². The average Bonchev–Trinajstić information content (AvgIpc) is 3.17. The third-order valence-electron chi connectivity index (χ3n) is 4.15. The summed E-state index contributed by atoms with van der Waals surface area (Å²) in [6.45, 7) is 9.33. The van der Waals surface area contributed by atoms with E-state index < -0.39 is 0 Å². The van der Waals surface area contributed by atoms with E-state index in [-0.39, 0.29) is 11.8 Å². The molecule has 6 heteroatoms. The van der Waals surface area contributed by atoms with E-state index in [1.165, 1.54) is 0 Å². The van der Waals surface area contributed by atoms with Crippen molar-refractivity contribution in [2.45, 2.75) is 40.8 Å². The fourth-order valence-corrected chi connectivity index (χ4v) is 3.26. The van der Waals surface area contributed by atoms with Crippen LogP contribution in [0, 0.1) is 0 Å². The molecule has 0 saturated heterocycles. The van der Waals surface area contributed by atoms with Crippen molar-refractivity contribution in [2.75, 3.05) is 14.1 Å². The predicted octanol–water partition coefficient (Wildman–Crippen LogP) is 5.90. The molecule has 0 fully saturated rings. The number of carbonyl (C=O) groups is 2. The Kier molecular flexibility index (Phi) is 9.50. The van der Waals surface area contributed by atoms with Gasteiger partial charge < -0.3 is 9.80 Å². The quantitative estimate of drug-likeness (QED) is 0.529. The van der Waals surface area contributed by atoms with Crippen LogP contribution in [0.4, 0.5) is 0 Å². The molecule has 2 aromatic carbocycles. The van der Waals surface area contributed by atoms with Crippen LogP contribution in [0.25, 0.3) is 0 Å². The number of carbonyl (C=O) groups excluding carboxylic acids is 2. The zero-order valence-corrected chi connectivity index (χ0v) is 18.9. The number of benzene rings is 2. The molecule has 0 unspecified atom stereocenters. The van der Waals surface area contributed by atoms with E-state index in [9.17, 15) is 9.59 Å². The number of halogens is 2. The lowest BCUT2D eigenvalue weighted by atomic mass is 10.1. The highest BCUT2D eigenvalue weighted by molar-refractivity contribution is 6.32. The van der Waals surface area contributed by atoms with Crippen molar-refractivity contribution >= 4 is 35.0 Å². The molecule has 2 heterocycles. The van der Waals surface area contributed by atoms with Crippen molar-refractivity contribution < 1.29 is 9.59 Å². The molecule has 4 rings (SSSR count). The normalized spacial score (nSPS) is 13.4. The van der Waals surface area contributed by atoms with Gasteiger partial charge in [-0.2, -0.15) is 0 Å². The fourth-order valence-electron chi connectivity index (χ4n) is 2.85. The van der Waals surface area contributed by atoms with Gasteiger partial charge in [0.1, 0.15) is 0 Å². The molecule has 0 radical (unpaired) electrons. The van der Waals surface area contributed by atoms with Crippen LogP contribution < -0.4 is 0 Å². The van der Waals surface area contributed by atoms with Gasteiger partial charge in [0.05, 0.1) is 0 Å². The number of fused-ring (bicyclic) bond motifs is 2. The second kappa shape index (κ2) is 11.1. The van der Waals surface area contributed by atoms with Crippen LogP contribution in [0.2, 0.25) is 10.0 Å². The Hall–Kier alpha value is -2.04. The van der Waals surface area contributed by atoms with Crippen molar-refractivity contribution in [3.8, 4) is 0 Å². The highest BCUT2D eigenvalue weighted by atomic mass is 35.5. The van der Waals surface area contributed by atoms with E-state index in [0.717, 1.165) is 22.3 Å². The van der Waals surface area contributed by atoms with Gasteiger partial charge in [-0.25, -0.2) is 0 Å². The summed E-state index contributed by atoms with van der Waals surface area (Å²) in [5, 5.41) is 1.31. The van der Waals surface area contributed by atoms with Gasteiger partial charge in [-0.05, 0) is 29.8 Å². The van der Waals surface area contributed by atoms with Crippen molar-refractivity contribution in [3.63, 3.8) is 0 Å². The van der Waals surface area contributed by atoms with Gasteiger partial charge in [-0.1, -0.05) is 63.0 Å². The van der Waals surface area contributed by atoms with E-state index in [1.54, 1.807) is 36.0 Å². The summed E-state index contributed by atoms with van der Waals surface area (Å²) in [5.74, 6) is 0.125. The molecule has 0 bridgehead atoms. The lowest BCUT2D eigenvalue weighted by Crippen LogP contribution is -2.17. The first-order valence-corrected chi connectivity index (χ1v) is 10.2. The summed E-state index contributed by atoms with van der Waals surface area (Å²) in [5.41, 5.74) is 3.49. The van der Waals surface area contributed by atoms with Crippen molar-refractivity contribution in [2.24, 2.45) is 0 Å². The van der Waals surface area contributed by atoms with Gasteiger partial charge in [0.15, 0.2) is 0 Å². The molecule has 2 amide bonds. The van der Waals surface area contributed by atoms with Gasteiger partial charge in [0, 0.05) is 53.9 Å². The first kappa shape index (κ1) is 24.0. The number of hydrogen-bond acceptors (Lipinski definition) is 2. The second-order valence-electron chi connectivity index (χ2n) is 5.89. The fraction of sp³-hybridized carbons (Fsp3) is 0.364. The summed E-state index contributed by atoms with van der Waals surface area (Å²) < 4.78 is 0. The summed E-state index contributed by atoms with van der Waals surface area (Å²) in [4.78, 5) is 26.2. The van der Waals surface area contributed by atoms with E-state index in [0.29, 0.717) is 23.1 Å². The Morgan fingerprint density at radius 3 is 1.96 bits per heavy atom. The Morgan fingerprint density at radius 1 is 0.786 bits per heavy atom.